The van der Waals surface area contributed by atoms with Gasteiger partial charge in [-0.2, -0.15) is 0 Å². The summed E-state index contributed by atoms with van der Waals surface area (Å²) < 4.78 is 11.4. The lowest BCUT2D eigenvalue weighted by molar-refractivity contribution is -0.939. The van der Waals surface area contributed by atoms with Gasteiger partial charge in [0.15, 0.2) is 18.5 Å². The summed E-state index contributed by atoms with van der Waals surface area (Å²) in [6.07, 6.45) is 2.81. The Balaban J connectivity index is 1.23. The molecule has 2 aromatic carbocycles. The van der Waals surface area contributed by atoms with Gasteiger partial charge in [-0.3, -0.25) is 4.79 Å². The number of carbonyl (C=O) groups is 2. The van der Waals surface area contributed by atoms with E-state index in [4.69, 9.17) is 9.26 Å². The van der Waals surface area contributed by atoms with E-state index in [9.17, 15) is 14.7 Å². The summed E-state index contributed by atoms with van der Waals surface area (Å²) in [6, 6.07) is 16.5. The quantitative estimate of drug-likeness (QED) is 0.449. The van der Waals surface area contributed by atoms with Gasteiger partial charge < -0.3 is 24.2 Å². The molecule has 4 heterocycles. The van der Waals surface area contributed by atoms with Crippen LogP contribution in [0, 0.1) is 5.92 Å². The van der Waals surface area contributed by atoms with Crippen molar-refractivity contribution in [2.75, 3.05) is 31.5 Å². The minimum atomic E-state index is -1.84. The summed E-state index contributed by atoms with van der Waals surface area (Å²) in [5.74, 6) is -0.164. The van der Waals surface area contributed by atoms with Gasteiger partial charge in [-0.05, 0) is 11.1 Å². The van der Waals surface area contributed by atoms with E-state index in [-0.39, 0.29) is 24.5 Å². The largest absolute Gasteiger partial charge is 0.453 e. The Bertz CT molecular complexity index is 1200. The van der Waals surface area contributed by atoms with Crippen LogP contribution in [0.5, 0.6) is 0 Å². The summed E-state index contributed by atoms with van der Waals surface area (Å²) in [5, 5.41) is 18.3. The molecule has 3 aromatic rings. The van der Waals surface area contributed by atoms with Crippen LogP contribution in [-0.4, -0.2) is 58.9 Å². The molecule has 34 heavy (non-hydrogen) atoms. The fraction of sp³-hybridized carbons (Fsp3) is 0.346. The molecule has 1 amide bonds. The van der Waals surface area contributed by atoms with Gasteiger partial charge in [0.25, 0.3) is 5.91 Å². The third-order valence-corrected chi connectivity index (χ3v) is 7.70. The molecule has 1 aromatic heterocycles. The molecular formula is C26H26N3O5+. The van der Waals surface area contributed by atoms with Crippen molar-refractivity contribution in [2.24, 2.45) is 5.92 Å². The number of quaternary nitrogens is 1. The number of rotatable bonds is 5. The van der Waals surface area contributed by atoms with Crippen molar-refractivity contribution < 1.29 is 28.4 Å². The lowest BCUT2D eigenvalue weighted by Gasteiger charge is -2.51. The van der Waals surface area contributed by atoms with Crippen molar-refractivity contribution in [3.8, 4) is 11.1 Å². The van der Waals surface area contributed by atoms with Crippen molar-refractivity contribution in [3.05, 3.63) is 72.0 Å². The molecule has 0 saturated carbocycles. The lowest BCUT2D eigenvalue weighted by atomic mass is 9.82. The number of nitrogens with zero attached hydrogens (tertiary/aromatic N) is 2. The molecule has 3 fully saturated rings. The minimum absolute atomic E-state index is 0.142. The molecule has 3 saturated heterocycles. The molecule has 3 aliphatic heterocycles. The number of fused-ring (bicyclic) bond motifs is 6. The van der Waals surface area contributed by atoms with Gasteiger partial charge in [0.1, 0.15) is 12.8 Å². The molecule has 8 heteroatoms. The molecule has 2 N–H and O–H groups in total. The first kappa shape index (κ1) is 21.1. The average Bonchev–Trinajstić information content (AvgIpc) is 3.45. The van der Waals surface area contributed by atoms with E-state index >= 15 is 0 Å². The number of anilines is 1. The number of carbonyl (C=O) groups excluding carboxylic acids is 2. The maximum Gasteiger partial charge on any atom is 0.348 e. The second-order valence-corrected chi connectivity index (χ2v) is 9.65. The molecule has 0 spiro atoms. The van der Waals surface area contributed by atoms with Crippen LogP contribution >= 0.6 is 0 Å². The normalized spacial score (nSPS) is 25.9. The third kappa shape index (κ3) is 3.25. The SMILES string of the molecule is O=C(C[N+]12CCC(CC1)[C@@H](OC(=O)C1(O)c3ccccc3-c3ccccc31)C2)Nc1ccon1. The Morgan fingerprint density at radius 3 is 2.32 bits per heavy atom. The lowest BCUT2D eigenvalue weighted by Crippen LogP contribution is -2.66. The summed E-state index contributed by atoms with van der Waals surface area (Å²) in [6.45, 7) is 2.56. The highest BCUT2D eigenvalue weighted by atomic mass is 16.6. The Hall–Kier alpha value is -3.49. The van der Waals surface area contributed by atoms with E-state index in [0.29, 0.717) is 28.0 Å². The standard InChI is InChI=1S/C26H25N3O5/c30-24(27-23-11-14-33-28-23)16-29-12-9-17(10-13-29)22(15-29)34-25(31)26(32)20-7-3-1-5-18(20)19-6-2-4-8-21(19)26/h1-8,11,14,17,22,32H,9-10,12-13,15-16H2/p+1/t17?,22-,29?/m0/s1. The van der Waals surface area contributed by atoms with Crippen molar-refractivity contribution in [1.29, 1.82) is 0 Å². The highest BCUT2D eigenvalue weighted by Crippen LogP contribution is 2.48. The van der Waals surface area contributed by atoms with E-state index < -0.39 is 11.6 Å². The second-order valence-electron chi connectivity index (χ2n) is 9.65. The topological polar surface area (TPSA) is 102 Å². The van der Waals surface area contributed by atoms with Crippen LogP contribution in [0.1, 0.15) is 24.0 Å². The minimum Gasteiger partial charge on any atom is -0.453 e. The Labute approximate surface area is 196 Å². The van der Waals surface area contributed by atoms with Crippen molar-refractivity contribution in [2.45, 2.75) is 24.5 Å². The number of amides is 1. The van der Waals surface area contributed by atoms with Gasteiger partial charge >= 0.3 is 5.97 Å². The molecule has 7 rings (SSSR count). The van der Waals surface area contributed by atoms with Crippen molar-refractivity contribution in [3.63, 3.8) is 0 Å². The number of benzene rings is 2. The number of aromatic nitrogens is 1. The van der Waals surface area contributed by atoms with Gasteiger partial charge in [0, 0.05) is 36.0 Å². The summed E-state index contributed by atoms with van der Waals surface area (Å²) in [7, 11) is 0. The van der Waals surface area contributed by atoms with Gasteiger partial charge in [0.2, 0.25) is 5.60 Å². The van der Waals surface area contributed by atoms with E-state index in [1.165, 1.54) is 6.26 Å². The predicted molar refractivity (Wildman–Crippen MR) is 122 cm³/mol. The fourth-order valence-electron chi connectivity index (χ4n) is 6.00. The average molecular weight is 461 g/mol. The zero-order valence-corrected chi connectivity index (χ0v) is 18.6. The molecule has 174 valence electrons. The van der Waals surface area contributed by atoms with Crippen LogP contribution in [0.3, 0.4) is 0 Å². The second kappa shape index (κ2) is 7.78. The van der Waals surface area contributed by atoms with Crippen LogP contribution in [0.25, 0.3) is 11.1 Å². The van der Waals surface area contributed by atoms with E-state index in [1.807, 2.05) is 36.4 Å². The van der Waals surface area contributed by atoms with E-state index in [1.54, 1.807) is 18.2 Å². The van der Waals surface area contributed by atoms with Crippen LogP contribution in [0.15, 0.2) is 65.4 Å². The van der Waals surface area contributed by atoms with E-state index in [0.717, 1.165) is 37.1 Å². The first-order valence-corrected chi connectivity index (χ1v) is 11.7. The van der Waals surface area contributed by atoms with Gasteiger partial charge in [0.05, 0.1) is 13.1 Å². The van der Waals surface area contributed by atoms with Gasteiger partial charge in [-0.1, -0.05) is 53.7 Å². The number of nitrogens with one attached hydrogen (secondary N) is 1. The zero-order chi connectivity index (χ0) is 23.3. The number of piperidine rings is 3. The van der Waals surface area contributed by atoms with E-state index in [2.05, 4.69) is 10.5 Å². The highest BCUT2D eigenvalue weighted by Gasteiger charge is 2.53. The van der Waals surface area contributed by atoms with Crippen LogP contribution in [-0.2, 0) is 19.9 Å². The molecule has 1 aliphatic carbocycles. The Morgan fingerprint density at radius 1 is 1.06 bits per heavy atom. The first-order chi connectivity index (χ1) is 16.5. The molecule has 1 atom stereocenters. The third-order valence-electron chi connectivity index (χ3n) is 7.70. The van der Waals surface area contributed by atoms with Gasteiger partial charge in [-0.25, -0.2) is 4.79 Å². The maximum absolute atomic E-state index is 13.6. The van der Waals surface area contributed by atoms with Crippen molar-refractivity contribution in [1.82, 2.24) is 5.16 Å². The van der Waals surface area contributed by atoms with Crippen LogP contribution < -0.4 is 5.32 Å². The molecule has 4 aliphatic rings. The fourth-order valence-corrected chi connectivity index (χ4v) is 6.00. The summed E-state index contributed by atoms with van der Waals surface area (Å²) in [4.78, 5) is 26.3. The zero-order valence-electron chi connectivity index (χ0n) is 18.6. The smallest absolute Gasteiger partial charge is 0.348 e. The molecular weight excluding hydrogens is 434 g/mol. The molecule has 8 nitrogen and oxygen atoms in total. The summed E-state index contributed by atoms with van der Waals surface area (Å²) in [5.41, 5.74) is 0.963. The Kier molecular flexibility index (Phi) is 4.82. The van der Waals surface area contributed by atoms with Gasteiger partial charge in [-0.15, -0.1) is 0 Å². The Morgan fingerprint density at radius 2 is 1.71 bits per heavy atom. The monoisotopic (exact) mass is 460 g/mol. The number of esters is 1. The van der Waals surface area contributed by atoms with Crippen LogP contribution in [0.2, 0.25) is 0 Å². The number of aliphatic hydroxyl groups is 1. The number of ether oxygens (including phenoxy) is 1. The predicted octanol–water partition coefficient (Wildman–Crippen LogP) is 2.68. The molecule has 0 radical (unpaired) electrons. The number of hydrogen-bond acceptors (Lipinski definition) is 6. The number of hydrogen-bond donors (Lipinski definition) is 2. The first-order valence-electron chi connectivity index (χ1n) is 11.7. The van der Waals surface area contributed by atoms with Crippen LogP contribution in [0.4, 0.5) is 5.82 Å². The maximum atomic E-state index is 13.6. The van der Waals surface area contributed by atoms with Crippen molar-refractivity contribution >= 4 is 17.7 Å². The summed E-state index contributed by atoms with van der Waals surface area (Å²) >= 11 is 0. The molecule has 2 bridgehead atoms. The highest BCUT2D eigenvalue weighted by molar-refractivity contribution is 5.96. The molecule has 0 unspecified atom stereocenters.